The SMILES string of the molecule is [CH]=CC(CCC)NC. The van der Waals surface area contributed by atoms with E-state index >= 15 is 0 Å². The van der Waals surface area contributed by atoms with E-state index in [-0.39, 0.29) is 0 Å². The van der Waals surface area contributed by atoms with Crippen LogP contribution in [0.4, 0.5) is 0 Å². The molecule has 0 aromatic heterocycles. The van der Waals surface area contributed by atoms with Crippen molar-refractivity contribution in [2.75, 3.05) is 7.05 Å². The Hall–Kier alpha value is -0.300. The maximum atomic E-state index is 5.28. The largest absolute Gasteiger partial charge is 0.314 e. The van der Waals surface area contributed by atoms with Gasteiger partial charge >= 0.3 is 0 Å². The number of hydrogen-bond donors (Lipinski definition) is 1. The van der Waals surface area contributed by atoms with E-state index in [0.717, 1.165) is 6.42 Å². The number of hydrogen-bond acceptors (Lipinski definition) is 1. The second kappa shape index (κ2) is 4.85. The Balaban J connectivity index is 3.21. The smallest absolute Gasteiger partial charge is 0.0249 e. The summed E-state index contributed by atoms with van der Waals surface area (Å²) in [4.78, 5) is 0. The van der Waals surface area contributed by atoms with Crippen LogP contribution in [0.2, 0.25) is 0 Å². The van der Waals surface area contributed by atoms with Gasteiger partial charge in [-0.1, -0.05) is 26.0 Å². The van der Waals surface area contributed by atoms with Gasteiger partial charge in [-0.25, -0.2) is 0 Å². The van der Waals surface area contributed by atoms with Crippen LogP contribution in [0.1, 0.15) is 19.8 Å². The highest BCUT2D eigenvalue weighted by atomic mass is 14.8. The summed E-state index contributed by atoms with van der Waals surface area (Å²) in [5, 5.41) is 3.07. The van der Waals surface area contributed by atoms with Gasteiger partial charge in [0.25, 0.3) is 0 Å². The first kappa shape index (κ1) is 7.70. The molecule has 0 aliphatic rings. The van der Waals surface area contributed by atoms with Crippen molar-refractivity contribution in [3.8, 4) is 0 Å². The Bertz CT molecular complexity index is 59.4. The summed E-state index contributed by atoms with van der Waals surface area (Å²) >= 11 is 0. The zero-order valence-electron chi connectivity index (χ0n) is 5.65. The predicted molar refractivity (Wildman–Crippen MR) is 36.6 cm³/mol. The Morgan fingerprint density at radius 3 is 2.50 bits per heavy atom. The molecular weight excluding hydrogens is 98.1 g/mol. The molecule has 0 amide bonds. The molecule has 0 bridgehead atoms. The topological polar surface area (TPSA) is 12.0 Å². The molecule has 0 saturated heterocycles. The lowest BCUT2D eigenvalue weighted by molar-refractivity contribution is 0.605. The molecule has 1 atom stereocenters. The van der Waals surface area contributed by atoms with Crippen molar-refractivity contribution in [1.29, 1.82) is 0 Å². The summed E-state index contributed by atoms with van der Waals surface area (Å²) in [7, 11) is 1.92. The van der Waals surface area contributed by atoms with E-state index in [1.54, 1.807) is 6.08 Å². The second-order valence-corrected chi connectivity index (χ2v) is 1.88. The number of nitrogens with one attached hydrogen (secondary N) is 1. The van der Waals surface area contributed by atoms with Crippen molar-refractivity contribution in [1.82, 2.24) is 5.32 Å². The fraction of sp³-hybridized carbons (Fsp3) is 0.714. The Kier molecular flexibility index (Phi) is 4.67. The predicted octanol–water partition coefficient (Wildman–Crippen LogP) is 1.36. The monoisotopic (exact) mass is 112 g/mol. The minimum Gasteiger partial charge on any atom is -0.314 e. The summed E-state index contributed by atoms with van der Waals surface area (Å²) in [6, 6.07) is 0.403. The highest BCUT2D eigenvalue weighted by Gasteiger charge is 1.94. The zero-order valence-corrected chi connectivity index (χ0v) is 5.65. The van der Waals surface area contributed by atoms with Crippen molar-refractivity contribution in [2.45, 2.75) is 25.8 Å². The van der Waals surface area contributed by atoms with Crippen LogP contribution in [-0.4, -0.2) is 13.1 Å². The van der Waals surface area contributed by atoms with Gasteiger partial charge in [-0.05, 0) is 13.5 Å². The molecule has 0 aromatic rings. The minimum atomic E-state index is 0.403. The van der Waals surface area contributed by atoms with Crippen LogP contribution >= 0.6 is 0 Å². The van der Waals surface area contributed by atoms with Crippen molar-refractivity contribution in [3.63, 3.8) is 0 Å². The van der Waals surface area contributed by atoms with Gasteiger partial charge in [0.15, 0.2) is 0 Å². The lowest BCUT2D eigenvalue weighted by Gasteiger charge is -2.07. The zero-order chi connectivity index (χ0) is 6.41. The third kappa shape index (κ3) is 2.80. The van der Waals surface area contributed by atoms with Gasteiger partial charge in [-0.3, -0.25) is 0 Å². The maximum Gasteiger partial charge on any atom is 0.0249 e. The molecule has 47 valence electrons. The van der Waals surface area contributed by atoms with Crippen molar-refractivity contribution in [2.24, 2.45) is 0 Å². The molecule has 1 unspecified atom stereocenters. The third-order valence-electron chi connectivity index (χ3n) is 1.20. The van der Waals surface area contributed by atoms with Gasteiger partial charge in [-0.15, -0.1) is 0 Å². The molecule has 0 saturated carbocycles. The highest BCUT2D eigenvalue weighted by Crippen LogP contribution is 1.94. The Labute approximate surface area is 51.8 Å². The van der Waals surface area contributed by atoms with E-state index in [1.165, 1.54) is 6.42 Å². The quantitative estimate of drug-likeness (QED) is 0.579. The molecule has 1 N–H and O–H groups in total. The molecule has 1 radical (unpaired) electrons. The summed E-state index contributed by atoms with van der Waals surface area (Å²) in [6.45, 7) is 7.43. The van der Waals surface area contributed by atoms with E-state index in [0.29, 0.717) is 6.04 Å². The first-order chi connectivity index (χ1) is 3.85. The Morgan fingerprint density at radius 2 is 2.38 bits per heavy atom. The van der Waals surface area contributed by atoms with E-state index in [1.807, 2.05) is 7.05 Å². The fourth-order valence-corrected chi connectivity index (χ4v) is 0.648. The van der Waals surface area contributed by atoms with Crippen LogP contribution in [0, 0.1) is 6.58 Å². The minimum absolute atomic E-state index is 0.403. The lowest BCUT2D eigenvalue weighted by atomic mass is 10.2. The summed E-state index contributed by atoms with van der Waals surface area (Å²) in [5.74, 6) is 0. The first-order valence-corrected chi connectivity index (χ1v) is 3.07. The average molecular weight is 112 g/mol. The Morgan fingerprint density at radius 1 is 1.75 bits per heavy atom. The van der Waals surface area contributed by atoms with E-state index in [2.05, 4.69) is 12.2 Å². The standard InChI is InChI=1S/C7H14N/c1-4-6-7(5-2)8-3/h2,5,7-8H,4,6H2,1,3H3. The fourth-order valence-electron chi connectivity index (χ4n) is 0.648. The molecule has 0 aliphatic heterocycles. The normalized spacial score (nSPS) is 13.2. The molecule has 0 aromatic carbocycles. The molecule has 0 aliphatic carbocycles. The van der Waals surface area contributed by atoms with E-state index in [4.69, 9.17) is 6.58 Å². The van der Waals surface area contributed by atoms with Gasteiger partial charge in [0.05, 0.1) is 0 Å². The molecule has 0 heterocycles. The number of rotatable bonds is 4. The van der Waals surface area contributed by atoms with Gasteiger partial charge < -0.3 is 5.32 Å². The summed E-state index contributed by atoms with van der Waals surface area (Å²) in [6.07, 6.45) is 4.01. The van der Waals surface area contributed by atoms with Crippen molar-refractivity contribution < 1.29 is 0 Å². The van der Waals surface area contributed by atoms with Crippen LogP contribution in [0.5, 0.6) is 0 Å². The van der Waals surface area contributed by atoms with Crippen LogP contribution in [0.25, 0.3) is 0 Å². The molecule has 0 spiro atoms. The lowest BCUT2D eigenvalue weighted by Crippen LogP contribution is -2.21. The average Bonchev–Trinajstić information content (AvgIpc) is 1.83. The number of likely N-dealkylation sites (N-methyl/N-ethyl adjacent to an activating group) is 1. The van der Waals surface area contributed by atoms with E-state index in [9.17, 15) is 0 Å². The van der Waals surface area contributed by atoms with Gasteiger partial charge in [-0.2, -0.15) is 0 Å². The molecule has 0 rings (SSSR count). The molecular formula is C7H14N. The van der Waals surface area contributed by atoms with Gasteiger partial charge in [0.1, 0.15) is 0 Å². The van der Waals surface area contributed by atoms with Crippen molar-refractivity contribution >= 4 is 0 Å². The maximum absolute atomic E-state index is 5.28. The first-order valence-electron chi connectivity index (χ1n) is 3.07. The van der Waals surface area contributed by atoms with Crippen LogP contribution < -0.4 is 5.32 Å². The third-order valence-corrected chi connectivity index (χ3v) is 1.20. The van der Waals surface area contributed by atoms with Crippen LogP contribution in [-0.2, 0) is 0 Å². The second-order valence-electron chi connectivity index (χ2n) is 1.88. The molecule has 1 heteroatoms. The summed E-state index contributed by atoms with van der Waals surface area (Å²) in [5.41, 5.74) is 0. The highest BCUT2D eigenvalue weighted by molar-refractivity contribution is 4.80. The van der Waals surface area contributed by atoms with Gasteiger partial charge in [0.2, 0.25) is 0 Å². The van der Waals surface area contributed by atoms with Gasteiger partial charge in [0, 0.05) is 6.04 Å². The summed E-state index contributed by atoms with van der Waals surface area (Å²) < 4.78 is 0. The molecule has 0 fully saturated rings. The van der Waals surface area contributed by atoms with Crippen LogP contribution in [0.3, 0.4) is 0 Å². The van der Waals surface area contributed by atoms with Crippen molar-refractivity contribution in [3.05, 3.63) is 12.7 Å². The molecule has 8 heavy (non-hydrogen) atoms. The molecule has 1 nitrogen and oxygen atoms in total. The van der Waals surface area contributed by atoms with Crippen LogP contribution in [0.15, 0.2) is 6.08 Å². The van der Waals surface area contributed by atoms with E-state index < -0.39 is 0 Å².